The fraction of sp³-hybridized carbons (Fsp3) is 0.667. The van der Waals surface area contributed by atoms with Crippen LogP contribution in [0.3, 0.4) is 0 Å². The molecule has 3 aliphatic heterocycles. The Labute approximate surface area is 173 Å². The van der Waals surface area contributed by atoms with Crippen LogP contribution in [0.15, 0.2) is 27.9 Å². The van der Waals surface area contributed by atoms with Gasteiger partial charge in [-0.3, -0.25) is 18.9 Å². The quantitative estimate of drug-likeness (QED) is 0.483. The molecule has 1 N–H and O–H groups in total. The van der Waals surface area contributed by atoms with Crippen molar-refractivity contribution in [1.29, 1.82) is 0 Å². The van der Waals surface area contributed by atoms with Crippen LogP contribution in [0, 0.1) is 6.92 Å². The third kappa shape index (κ3) is 4.52. The average molecular weight is 442 g/mol. The van der Waals surface area contributed by atoms with Crippen LogP contribution in [-0.2, 0) is 23.3 Å². The number of rotatable bonds is 6. The summed E-state index contributed by atoms with van der Waals surface area (Å²) in [4.78, 5) is 25.9. The molecular formula is C18H27N4O7P. The molecule has 2 atom stereocenters. The van der Waals surface area contributed by atoms with Crippen molar-refractivity contribution in [3.8, 4) is 0 Å². The zero-order valence-corrected chi connectivity index (χ0v) is 17.8. The lowest BCUT2D eigenvalue weighted by Crippen LogP contribution is -2.44. The van der Waals surface area contributed by atoms with Crippen LogP contribution in [-0.4, -0.2) is 84.2 Å². The number of nitrogens with one attached hydrogen (secondary N) is 1. The Bertz CT molecular complexity index is 911. The molecule has 0 aromatic carbocycles. The number of aromatic amines is 1. The molecule has 0 bridgehead atoms. The summed E-state index contributed by atoms with van der Waals surface area (Å²) < 4.78 is 41.6. The highest BCUT2D eigenvalue weighted by Gasteiger charge is 2.41. The molecule has 2 saturated heterocycles. The third-order valence-corrected chi connectivity index (χ3v) is 8.04. The summed E-state index contributed by atoms with van der Waals surface area (Å²) in [6.07, 6.45) is 3.84. The van der Waals surface area contributed by atoms with Gasteiger partial charge in [-0.05, 0) is 13.0 Å². The third-order valence-electron chi connectivity index (χ3n) is 5.32. The number of aryl methyl sites for hydroxylation is 1. The van der Waals surface area contributed by atoms with E-state index in [1.807, 2.05) is 9.34 Å². The lowest BCUT2D eigenvalue weighted by Gasteiger charge is -2.41. The molecule has 1 aromatic heterocycles. The molecule has 0 aliphatic carbocycles. The Balaban J connectivity index is 1.44. The number of hydrogen-bond acceptors (Lipinski definition) is 7. The molecule has 0 saturated carbocycles. The number of nitrogens with zero attached hydrogens (tertiary/aromatic N) is 3. The SMILES string of the molecule is Cc1cn(C2C=CC(COP(=O)(N3CCOCC3)N3CCOCC3)O2)c(=O)[nH]c1=O. The van der Waals surface area contributed by atoms with Crippen molar-refractivity contribution >= 4 is 7.67 Å². The zero-order valence-electron chi connectivity index (χ0n) is 16.9. The van der Waals surface area contributed by atoms with Gasteiger partial charge < -0.3 is 18.7 Å². The number of H-pyrrole nitrogens is 1. The second-order valence-corrected chi connectivity index (χ2v) is 9.72. The van der Waals surface area contributed by atoms with E-state index in [9.17, 15) is 14.2 Å². The molecule has 11 nitrogen and oxygen atoms in total. The van der Waals surface area contributed by atoms with E-state index in [4.69, 9.17) is 18.7 Å². The standard InChI is InChI=1S/C18H27N4O7P/c1-14-12-22(18(24)19-17(14)23)16-3-2-15(29-16)13-28-30(25,20-4-8-26-9-5-20)21-6-10-27-11-7-21/h2-3,12,15-16H,4-11,13H2,1H3,(H,19,23,24). The molecule has 0 amide bonds. The van der Waals surface area contributed by atoms with Crippen LogP contribution in [0.5, 0.6) is 0 Å². The fourth-order valence-corrected chi connectivity index (χ4v) is 6.01. The van der Waals surface area contributed by atoms with Crippen LogP contribution in [0.1, 0.15) is 11.8 Å². The maximum atomic E-state index is 13.9. The first-order chi connectivity index (χ1) is 14.5. The van der Waals surface area contributed by atoms with Crippen molar-refractivity contribution in [2.75, 3.05) is 59.2 Å². The van der Waals surface area contributed by atoms with Gasteiger partial charge in [0.2, 0.25) is 0 Å². The van der Waals surface area contributed by atoms with Crippen LogP contribution in [0.4, 0.5) is 0 Å². The topological polar surface area (TPSA) is 115 Å². The van der Waals surface area contributed by atoms with Gasteiger partial charge in [0, 0.05) is 37.9 Å². The molecule has 4 heterocycles. The van der Waals surface area contributed by atoms with Crippen LogP contribution in [0.2, 0.25) is 0 Å². The van der Waals surface area contributed by atoms with Gasteiger partial charge in [0.15, 0.2) is 6.23 Å². The normalized spacial score (nSPS) is 26.3. The van der Waals surface area contributed by atoms with Gasteiger partial charge in [-0.15, -0.1) is 0 Å². The minimum atomic E-state index is -3.26. The molecular weight excluding hydrogens is 415 g/mol. The van der Waals surface area contributed by atoms with E-state index < -0.39 is 31.3 Å². The number of aromatic nitrogens is 2. The number of hydrogen-bond donors (Lipinski definition) is 1. The summed E-state index contributed by atoms with van der Waals surface area (Å²) in [5.74, 6) is 0. The molecule has 166 valence electrons. The predicted octanol–water partition coefficient (Wildman–Crippen LogP) is 0.0877. The molecule has 0 spiro atoms. The highest BCUT2D eigenvalue weighted by molar-refractivity contribution is 7.54. The summed E-state index contributed by atoms with van der Waals surface area (Å²) in [6, 6.07) is 0. The van der Waals surface area contributed by atoms with Gasteiger partial charge in [-0.25, -0.2) is 14.1 Å². The first-order valence-electron chi connectivity index (χ1n) is 10.0. The Hall–Kier alpha value is -1.59. The minimum Gasteiger partial charge on any atom is -0.379 e. The highest BCUT2D eigenvalue weighted by atomic mass is 31.2. The van der Waals surface area contributed by atoms with Gasteiger partial charge in [0.25, 0.3) is 5.56 Å². The van der Waals surface area contributed by atoms with E-state index in [1.54, 1.807) is 19.1 Å². The molecule has 2 unspecified atom stereocenters. The molecule has 30 heavy (non-hydrogen) atoms. The van der Waals surface area contributed by atoms with Gasteiger partial charge in [-0.1, -0.05) is 6.08 Å². The number of ether oxygens (including phenoxy) is 3. The second-order valence-electron chi connectivity index (χ2n) is 7.35. The maximum absolute atomic E-state index is 13.9. The fourth-order valence-electron chi connectivity index (χ4n) is 3.64. The average Bonchev–Trinajstić information content (AvgIpc) is 3.24. The van der Waals surface area contributed by atoms with E-state index in [1.165, 1.54) is 10.8 Å². The van der Waals surface area contributed by atoms with Crippen molar-refractivity contribution in [1.82, 2.24) is 18.9 Å². The van der Waals surface area contributed by atoms with E-state index in [-0.39, 0.29) is 6.61 Å². The van der Waals surface area contributed by atoms with Crippen LogP contribution in [0.25, 0.3) is 0 Å². The van der Waals surface area contributed by atoms with Crippen LogP contribution >= 0.6 is 7.67 Å². The van der Waals surface area contributed by atoms with Gasteiger partial charge in [0.05, 0.1) is 33.0 Å². The lowest BCUT2D eigenvalue weighted by atomic mass is 10.3. The van der Waals surface area contributed by atoms with E-state index >= 15 is 0 Å². The summed E-state index contributed by atoms with van der Waals surface area (Å²) in [6.45, 7) is 5.86. The first-order valence-corrected chi connectivity index (χ1v) is 11.6. The molecule has 0 radical (unpaired) electrons. The zero-order chi connectivity index (χ0) is 21.1. The summed E-state index contributed by atoms with van der Waals surface area (Å²) in [5.41, 5.74) is -0.556. The Morgan fingerprint density at radius 1 is 1.07 bits per heavy atom. The van der Waals surface area contributed by atoms with E-state index in [2.05, 4.69) is 4.98 Å². The summed E-state index contributed by atoms with van der Waals surface area (Å²) in [5, 5.41) is 0. The highest BCUT2D eigenvalue weighted by Crippen LogP contribution is 2.55. The largest absolute Gasteiger partial charge is 0.379 e. The van der Waals surface area contributed by atoms with Crippen LogP contribution < -0.4 is 11.2 Å². The van der Waals surface area contributed by atoms with Crippen molar-refractivity contribution in [3.63, 3.8) is 0 Å². The molecule has 4 rings (SSSR count). The van der Waals surface area contributed by atoms with E-state index in [0.717, 1.165) is 0 Å². The predicted molar refractivity (Wildman–Crippen MR) is 107 cm³/mol. The van der Waals surface area contributed by atoms with Crippen molar-refractivity contribution < 1.29 is 23.3 Å². The minimum absolute atomic E-state index is 0.0794. The van der Waals surface area contributed by atoms with Gasteiger partial charge in [-0.2, -0.15) is 0 Å². The van der Waals surface area contributed by atoms with Gasteiger partial charge in [0.1, 0.15) is 6.10 Å². The lowest BCUT2D eigenvalue weighted by molar-refractivity contribution is -0.0139. The smallest absolute Gasteiger partial charge is 0.346 e. The Morgan fingerprint density at radius 3 is 2.27 bits per heavy atom. The summed E-state index contributed by atoms with van der Waals surface area (Å²) in [7, 11) is -3.26. The maximum Gasteiger partial charge on any atom is 0.346 e. The van der Waals surface area contributed by atoms with E-state index in [0.29, 0.717) is 58.2 Å². The number of morpholine rings is 2. The Morgan fingerprint density at radius 2 is 1.67 bits per heavy atom. The van der Waals surface area contributed by atoms with Crippen molar-refractivity contribution in [2.24, 2.45) is 0 Å². The molecule has 3 aliphatic rings. The van der Waals surface area contributed by atoms with Gasteiger partial charge >= 0.3 is 13.4 Å². The monoisotopic (exact) mass is 442 g/mol. The Kier molecular flexibility index (Phi) is 6.69. The molecule has 1 aromatic rings. The second kappa shape index (κ2) is 9.27. The van der Waals surface area contributed by atoms with Crippen molar-refractivity contribution in [2.45, 2.75) is 19.3 Å². The van der Waals surface area contributed by atoms with Crippen molar-refractivity contribution in [3.05, 3.63) is 44.8 Å². The molecule has 2 fully saturated rings. The molecule has 12 heteroatoms. The summed E-state index contributed by atoms with van der Waals surface area (Å²) >= 11 is 0. The first kappa shape index (κ1) is 21.6.